The molecule has 0 aromatic heterocycles. The highest BCUT2D eigenvalue weighted by molar-refractivity contribution is 7.87. The molecule has 0 aliphatic carbocycles. The number of nitrogens with one attached hydrogen (secondary N) is 1. The molecule has 1 saturated heterocycles. The first-order valence-corrected chi connectivity index (χ1v) is 9.35. The SMILES string of the molecule is CC(C)NS(=O)(=O)N1CCC[C@@H](COc2ccccc2Cl)C1. The second kappa shape index (κ2) is 7.64. The number of nitrogens with zero attached hydrogens (tertiary/aromatic N) is 1. The lowest BCUT2D eigenvalue weighted by atomic mass is 10.0. The molecule has 1 fully saturated rings. The molecule has 1 aromatic carbocycles. The molecule has 0 unspecified atom stereocenters. The van der Waals surface area contributed by atoms with Crippen LogP contribution in [0, 0.1) is 5.92 Å². The molecule has 0 spiro atoms. The van der Waals surface area contributed by atoms with Gasteiger partial charge < -0.3 is 4.74 Å². The normalized spacial score (nSPS) is 20.3. The molecule has 1 aliphatic rings. The van der Waals surface area contributed by atoms with Crippen molar-refractivity contribution in [3.8, 4) is 5.75 Å². The van der Waals surface area contributed by atoms with Crippen LogP contribution in [0.15, 0.2) is 24.3 Å². The molecule has 1 N–H and O–H groups in total. The van der Waals surface area contributed by atoms with Crippen molar-refractivity contribution in [3.05, 3.63) is 29.3 Å². The predicted octanol–water partition coefficient (Wildman–Crippen LogP) is 2.67. The Morgan fingerprint density at radius 3 is 2.82 bits per heavy atom. The molecule has 1 atom stereocenters. The minimum Gasteiger partial charge on any atom is -0.492 e. The van der Waals surface area contributed by atoms with Gasteiger partial charge in [-0.2, -0.15) is 17.4 Å². The van der Waals surface area contributed by atoms with Crippen molar-refractivity contribution in [2.24, 2.45) is 5.92 Å². The fraction of sp³-hybridized carbons (Fsp3) is 0.600. The summed E-state index contributed by atoms with van der Waals surface area (Å²) in [4.78, 5) is 0. The van der Waals surface area contributed by atoms with Gasteiger partial charge in [-0.1, -0.05) is 23.7 Å². The molecule has 0 saturated carbocycles. The van der Waals surface area contributed by atoms with Gasteiger partial charge in [0.1, 0.15) is 5.75 Å². The van der Waals surface area contributed by atoms with Crippen molar-refractivity contribution in [2.75, 3.05) is 19.7 Å². The zero-order chi connectivity index (χ0) is 16.2. The summed E-state index contributed by atoms with van der Waals surface area (Å²) >= 11 is 6.06. The van der Waals surface area contributed by atoms with Crippen molar-refractivity contribution in [2.45, 2.75) is 32.7 Å². The maximum absolute atomic E-state index is 12.2. The van der Waals surface area contributed by atoms with Crippen LogP contribution in [-0.2, 0) is 10.2 Å². The van der Waals surface area contributed by atoms with Gasteiger partial charge in [0.25, 0.3) is 10.2 Å². The van der Waals surface area contributed by atoms with Crippen molar-refractivity contribution < 1.29 is 13.2 Å². The first-order valence-electron chi connectivity index (χ1n) is 7.53. The highest BCUT2D eigenvalue weighted by Crippen LogP contribution is 2.25. The summed E-state index contributed by atoms with van der Waals surface area (Å²) < 4.78 is 34.3. The lowest BCUT2D eigenvalue weighted by Gasteiger charge is -2.32. The fourth-order valence-electron chi connectivity index (χ4n) is 2.52. The average molecular weight is 347 g/mol. The van der Waals surface area contributed by atoms with E-state index in [0.29, 0.717) is 30.5 Å². The zero-order valence-corrected chi connectivity index (χ0v) is 14.5. The minimum atomic E-state index is -3.40. The first-order chi connectivity index (χ1) is 10.4. The summed E-state index contributed by atoms with van der Waals surface area (Å²) in [5.74, 6) is 0.818. The van der Waals surface area contributed by atoms with E-state index in [1.54, 1.807) is 6.07 Å². The van der Waals surface area contributed by atoms with Gasteiger partial charge in [0.05, 0.1) is 11.6 Å². The summed E-state index contributed by atoms with van der Waals surface area (Å²) in [6.07, 6.45) is 1.80. The third kappa shape index (κ3) is 4.84. The molecule has 1 aromatic rings. The number of rotatable bonds is 6. The van der Waals surface area contributed by atoms with Gasteiger partial charge in [-0.25, -0.2) is 0 Å². The molecule has 0 bridgehead atoms. The number of para-hydroxylation sites is 1. The van der Waals surface area contributed by atoms with Crippen molar-refractivity contribution >= 4 is 21.8 Å². The monoisotopic (exact) mass is 346 g/mol. The Labute approximate surface area is 137 Å². The zero-order valence-electron chi connectivity index (χ0n) is 13.0. The van der Waals surface area contributed by atoms with Gasteiger partial charge in [0.15, 0.2) is 0 Å². The standard InChI is InChI=1S/C15H23ClN2O3S/c1-12(2)17-22(19,20)18-9-5-6-13(10-18)11-21-15-8-4-3-7-14(15)16/h3-4,7-8,12-13,17H,5-6,9-11H2,1-2H3/t13-/m1/s1. The van der Waals surface area contributed by atoms with Gasteiger partial charge >= 0.3 is 0 Å². The van der Waals surface area contributed by atoms with E-state index in [-0.39, 0.29) is 12.0 Å². The number of ether oxygens (including phenoxy) is 1. The van der Waals surface area contributed by atoms with Gasteiger partial charge in [-0.05, 0) is 38.8 Å². The van der Waals surface area contributed by atoms with Crippen molar-refractivity contribution in [1.82, 2.24) is 9.03 Å². The van der Waals surface area contributed by atoms with E-state index in [4.69, 9.17) is 16.3 Å². The highest BCUT2D eigenvalue weighted by Gasteiger charge is 2.29. The largest absolute Gasteiger partial charge is 0.492 e. The Balaban J connectivity index is 1.92. The molecule has 1 heterocycles. The fourth-order valence-corrected chi connectivity index (χ4v) is 4.23. The smallest absolute Gasteiger partial charge is 0.279 e. The Kier molecular flexibility index (Phi) is 6.09. The average Bonchev–Trinajstić information content (AvgIpc) is 2.45. The topological polar surface area (TPSA) is 58.6 Å². The van der Waals surface area contributed by atoms with E-state index in [2.05, 4.69) is 4.72 Å². The first kappa shape index (κ1) is 17.5. The van der Waals surface area contributed by atoms with E-state index >= 15 is 0 Å². The molecule has 7 heteroatoms. The number of hydrogen-bond acceptors (Lipinski definition) is 3. The van der Waals surface area contributed by atoms with Crippen LogP contribution in [0.2, 0.25) is 5.02 Å². The maximum atomic E-state index is 12.2. The van der Waals surface area contributed by atoms with E-state index < -0.39 is 10.2 Å². The quantitative estimate of drug-likeness (QED) is 0.861. The van der Waals surface area contributed by atoms with Crippen LogP contribution >= 0.6 is 11.6 Å². The summed E-state index contributed by atoms with van der Waals surface area (Å²) in [7, 11) is -3.40. The van der Waals surface area contributed by atoms with Crippen LogP contribution < -0.4 is 9.46 Å². The van der Waals surface area contributed by atoms with E-state index in [9.17, 15) is 8.42 Å². The van der Waals surface area contributed by atoms with Crippen molar-refractivity contribution in [3.63, 3.8) is 0 Å². The second-order valence-corrected chi connectivity index (χ2v) is 7.99. The molecule has 0 radical (unpaired) electrons. The third-order valence-corrected chi connectivity index (χ3v) is 5.61. The van der Waals surface area contributed by atoms with Crippen LogP contribution in [0.1, 0.15) is 26.7 Å². The molecule has 22 heavy (non-hydrogen) atoms. The summed E-state index contributed by atoms with van der Waals surface area (Å²) in [5.41, 5.74) is 0. The van der Waals surface area contributed by atoms with Crippen LogP contribution in [-0.4, -0.2) is 38.5 Å². The molecule has 2 rings (SSSR count). The lowest BCUT2D eigenvalue weighted by molar-refractivity contribution is 0.179. The summed E-state index contributed by atoms with van der Waals surface area (Å²) in [6, 6.07) is 7.21. The third-order valence-electron chi connectivity index (χ3n) is 3.52. The number of hydrogen-bond donors (Lipinski definition) is 1. The predicted molar refractivity (Wildman–Crippen MR) is 88.4 cm³/mol. The van der Waals surface area contributed by atoms with Gasteiger partial charge in [0.2, 0.25) is 0 Å². The Bertz CT molecular complexity index is 592. The minimum absolute atomic E-state index is 0.107. The molecular weight excluding hydrogens is 324 g/mol. The van der Waals surface area contributed by atoms with E-state index in [1.165, 1.54) is 4.31 Å². The van der Waals surface area contributed by atoms with E-state index in [1.807, 2.05) is 32.0 Å². The molecule has 1 aliphatic heterocycles. The van der Waals surface area contributed by atoms with Gasteiger partial charge in [-0.15, -0.1) is 0 Å². The van der Waals surface area contributed by atoms with Gasteiger partial charge in [-0.3, -0.25) is 0 Å². The van der Waals surface area contributed by atoms with E-state index in [0.717, 1.165) is 12.8 Å². The van der Waals surface area contributed by atoms with Crippen molar-refractivity contribution in [1.29, 1.82) is 0 Å². The molecule has 0 amide bonds. The molecule has 5 nitrogen and oxygen atoms in total. The Hall–Kier alpha value is -0.820. The molecular formula is C15H23ClN2O3S. The van der Waals surface area contributed by atoms with Crippen LogP contribution in [0.5, 0.6) is 5.75 Å². The van der Waals surface area contributed by atoms with Crippen LogP contribution in [0.4, 0.5) is 0 Å². The lowest BCUT2D eigenvalue weighted by Crippen LogP contribution is -2.48. The molecule has 124 valence electrons. The summed E-state index contributed by atoms with van der Waals surface area (Å²) in [6.45, 7) is 5.15. The van der Waals surface area contributed by atoms with Gasteiger partial charge in [0, 0.05) is 25.0 Å². The van der Waals surface area contributed by atoms with Crippen LogP contribution in [0.3, 0.4) is 0 Å². The summed E-state index contributed by atoms with van der Waals surface area (Å²) in [5, 5.41) is 0.573. The Morgan fingerprint density at radius 1 is 1.41 bits per heavy atom. The Morgan fingerprint density at radius 2 is 2.14 bits per heavy atom. The highest BCUT2D eigenvalue weighted by atomic mass is 35.5. The van der Waals surface area contributed by atoms with Crippen LogP contribution in [0.25, 0.3) is 0 Å². The number of benzene rings is 1. The number of halogens is 1. The maximum Gasteiger partial charge on any atom is 0.279 e. The second-order valence-electron chi connectivity index (χ2n) is 5.89. The number of piperidine rings is 1.